The van der Waals surface area contributed by atoms with E-state index in [4.69, 9.17) is 10.8 Å². The highest BCUT2D eigenvalue weighted by Gasteiger charge is 2.31. The van der Waals surface area contributed by atoms with E-state index in [2.05, 4.69) is 0 Å². The van der Waals surface area contributed by atoms with Crippen LogP contribution in [0.2, 0.25) is 0 Å². The van der Waals surface area contributed by atoms with E-state index in [1.807, 2.05) is 0 Å². The summed E-state index contributed by atoms with van der Waals surface area (Å²) < 4.78 is 53.3. The molecule has 0 spiro atoms. The lowest BCUT2D eigenvalue weighted by Gasteiger charge is -2.18. The van der Waals surface area contributed by atoms with Crippen molar-refractivity contribution in [2.75, 3.05) is 0 Å². The van der Waals surface area contributed by atoms with Gasteiger partial charge in [-0.15, -0.1) is 12.4 Å². The Morgan fingerprint density at radius 3 is 2.04 bits per heavy atom. The molecule has 27 heavy (non-hydrogen) atoms. The van der Waals surface area contributed by atoms with Gasteiger partial charge in [0.2, 0.25) is 0 Å². The van der Waals surface area contributed by atoms with Gasteiger partial charge >= 0.3 is 12.1 Å². The lowest BCUT2D eigenvalue weighted by Crippen LogP contribution is -2.17. The summed E-state index contributed by atoms with van der Waals surface area (Å²) in [6.07, 6.45) is -4.91. The molecular weight excluding hydrogens is 386 g/mol. The molecule has 0 heterocycles. The van der Waals surface area contributed by atoms with E-state index in [0.29, 0.717) is 22.3 Å². The largest absolute Gasteiger partial charge is 0.481 e. The number of aryl methyl sites for hydroxylation is 3. The van der Waals surface area contributed by atoms with Crippen LogP contribution in [0.5, 0.6) is 0 Å². The zero-order valence-corrected chi connectivity index (χ0v) is 15.8. The van der Waals surface area contributed by atoms with Crippen molar-refractivity contribution in [2.24, 2.45) is 5.73 Å². The highest BCUT2D eigenvalue weighted by Crippen LogP contribution is 2.37. The van der Waals surface area contributed by atoms with Gasteiger partial charge in [-0.25, -0.2) is 4.39 Å². The zero-order chi connectivity index (χ0) is 19.8. The first-order chi connectivity index (χ1) is 11.9. The van der Waals surface area contributed by atoms with Gasteiger partial charge in [0, 0.05) is 11.6 Å². The fourth-order valence-electron chi connectivity index (χ4n) is 3.09. The summed E-state index contributed by atoms with van der Waals surface area (Å²) in [4.78, 5) is 10.9. The van der Waals surface area contributed by atoms with Gasteiger partial charge in [-0.3, -0.25) is 4.79 Å². The molecule has 1 unspecified atom stereocenters. The number of hydrogen-bond donors (Lipinski definition) is 2. The normalized spacial score (nSPS) is 12.4. The molecule has 148 valence electrons. The average Bonchev–Trinajstić information content (AvgIpc) is 2.48. The van der Waals surface area contributed by atoms with Crippen molar-refractivity contribution in [1.29, 1.82) is 0 Å². The van der Waals surface area contributed by atoms with E-state index in [0.717, 1.165) is 12.1 Å². The third kappa shape index (κ3) is 4.99. The van der Waals surface area contributed by atoms with Crippen molar-refractivity contribution < 1.29 is 27.5 Å². The predicted molar refractivity (Wildman–Crippen MR) is 97.5 cm³/mol. The fraction of sp³-hybridized carbons (Fsp3) is 0.316. The summed E-state index contributed by atoms with van der Waals surface area (Å²) in [7, 11) is 0. The maximum atomic E-state index is 14.4. The number of halogens is 5. The molecule has 2 aromatic carbocycles. The number of hydrogen-bond acceptors (Lipinski definition) is 2. The Bertz CT molecular complexity index is 843. The predicted octanol–water partition coefficient (Wildman–Crippen LogP) is 5.33. The van der Waals surface area contributed by atoms with E-state index in [1.54, 1.807) is 13.8 Å². The molecule has 1 atom stereocenters. The van der Waals surface area contributed by atoms with E-state index in [1.165, 1.54) is 19.1 Å². The molecule has 0 fully saturated rings. The van der Waals surface area contributed by atoms with Gasteiger partial charge < -0.3 is 10.8 Å². The molecule has 3 nitrogen and oxygen atoms in total. The second kappa shape index (κ2) is 8.27. The average molecular weight is 406 g/mol. The summed E-state index contributed by atoms with van der Waals surface area (Å²) in [6.45, 7) is 4.60. The number of rotatable bonds is 4. The Morgan fingerprint density at radius 1 is 1.07 bits per heavy atom. The van der Waals surface area contributed by atoms with E-state index in [-0.39, 0.29) is 23.5 Å². The Morgan fingerprint density at radius 2 is 1.59 bits per heavy atom. The van der Waals surface area contributed by atoms with Crippen molar-refractivity contribution >= 4 is 18.4 Å². The molecular formula is C19H20ClF4NO2. The molecule has 0 saturated carbocycles. The highest BCUT2D eigenvalue weighted by atomic mass is 35.5. The maximum Gasteiger partial charge on any atom is 0.416 e. The standard InChI is InChI=1S/C19H19F4NO2.ClH/c1-9-5-13(19(21,22)23)6-10(2)17(9)12-4-11(3)18(20)14(7-12)15(24)8-16(25)26;/h4-7,15H,8,24H2,1-3H3,(H,25,26);1H. The van der Waals surface area contributed by atoms with Crippen molar-refractivity contribution in [3.63, 3.8) is 0 Å². The maximum absolute atomic E-state index is 14.4. The van der Waals surface area contributed by atoms with Gasteiger partial charge in [0.05, 0.1) is 12.0 Å². The van der Waals surface area contributed by atoms with Gasteiger partial charge in [0.15, 0.2) is 0 Å². The second-order valence-corrected chi connectivity index (χ2v) is 6.38. The lowest BCUT2D eigenvalue weighted by atomic mass is 9.89. The number of carboxylic acids is 1. The zero-order valence-electron chi connectivity index (χ0n) is 14.9. The Balaban J connectivity index is 0.00000364. The lowest BCUT2D eigenvalue weighted by molar-refractivity contribution is -0.138. The van der Waals surface area contributed by atoms with Gasteiger partial charge in [-0.2, -0.15) is 13.2 Å². The third-order valence-electron chi connectivity index (χ3n) is 4.23. The molecule has 0 aromatic heterocycles. The number of alkyl halides is 3. The minimum Gasteiger partial charge on any atom is -0.481 e. The smallest absolute Gasteiger partial charge is 0.416 e. The first-order valence-corrected chi connectivity index (χ1v) is 7.88. The molecule has 0 radical (unpaired) electrons. The van der Waals surface area contributed by atoms with Gasteiger partial charge in [-0.1, -0.05) is 0 Å². The Labute approximate surface area is 160 Å². The van der Waals surface area contributed by atoms with Crippen LogP contribution >= 0.6 is 12.4 Å². The molecule has 2 rings (SSSR count). The van der Waals surface area contributed by atoms with Gasteiger partial charge in [0.25, 0.3) is 0 Å². The summed E-state index contributed by atoms with van der Waals surface area (Å²) in [5.74, 6) is -1.77. The Kier molecular flexibility index (Phi) is 7.02. The van der Waals surface area contributed by atoms with Crippen molar-refractivity contribution in [1.82, 2.24) is 0 Å². The third-order valence-corrected chi connectivity index (χ3v) is 4.23. The topological polar surface area (TPSA) is 63.3 Å². The van der Waals surface area contributed by atoms with Crippen LogP contribution in [-0.2, 0) is 11.0 Å². The van der Waals surface area contributed by atoms with Crippen molar-refractivity contribution in [3.05, 3.63) is 57.9 Å². The van der Waals surface area contributed by atoms with Crippen LogP contribution in [0, 0.1) is 26.6 Å². The van der Waals surface area contributed by atoms with Crippen LogP contribution in [-0.4, -0.2) is 11.1 Å². The monoisotopic (exact) mass is 405 g/mol. The van der Waals surface area contributed by atoms with Crippen LogP contribution in [0.25, 0.3) is 11.1 Å². The molecule has 8 heteroatoms. The number of aliphatic carboxylic acids is 1. The van der Waals surface area contributed by atoms with Crippen LogP contribution in [0.3, 0.4) is 0 Å². The van der Waals surface area contributed by atoms with Crippen molar-refractivity contribution in [2.45, 2.75) is 39.4 Å². The highest BCUT2D eigenvalue weighted by molar-refractivity contribution is 5.85. The van der Waals surface area contributed by atoms with E-state index in [9.17, 15) is 22.4 Å². The first-order valence-electron chi connectivity index (χ1n) is 7.88. The fourth-order valence-corrected chi connectivity index (χ4v) is 3.09. The first kappa shape index (κ1) is 22.9. The second-order valence-electron chi connectivity index (χ2n) is 6.38. The molecule has 0 bridgehead atoms. The van der Waals surface area contributed by atoms with Gasteiger partial charge in [0.1, 0.15) is 5.82 Å². The summed E-state index contributed by atoms with van der Waals surface area (Å²) in [6, 6.07) is 3.96. The van der Waals surface area contributed by atoms with Crippen LogP contribution < -0.4 is 5.73 Å². The minimum absolute atomic E-state index is 0. The molecule has 0 saturated heterocycles. The molecule has 0 aliphatic carbocycles. The van der Waals surface area contributed by atoms with Crippen LogP contribution in [0.1, 0.15) is 40.3 Å². The number of carbonyl (C=O) groups is 1. The number of carboxylic acid groups (broad SMARTS) is 1. The molecule has 2 aromatic rings. The summed E-state index contributed by atoms with van der Waals surface area (Å²) >= 11 is 0. The van der Waals surface area contributed by atoms with Crippen LogP contribution in [0.15, 0.2) is 24.3 Å². The molecule has 0 aliphatic heterocycles. The summed E-state index contributed by atoms with van der Waals surface area (Å²) in [5.41, 5.74) is 7.15. The molecule has 3 N–H and O–H groups in total. The number of benzene rings is 2. The van der Waals surface area contributed by atoms with Crippen molar-refractivity contribution in [3.8, 4) is 11.1 Å². The minimum atomic E-state index is -4.46. The quantitative estimate of drug-likeness (QED) is 0.675. The van der Waals surface area contributed by atoms with Crippen LogP contribution in [0.4, 0.5) is 17.6 Å². The van der Waals surface area contributed by atoms with E-state index >= 15 is 0 Å². The Hall–Kier alpha value is -2.12. The summed E-state index contributed by atoms with van der Waals surface area (Å²) in [5, 5.41) is 8.88. The molecule has 0 amide bonds. The van der Waals surface area contributed by atoms with Gasteiger partial charge in [-0.05, 0) is 72.9 Å². The number of nitrogens with two attached hydrogens (primary N) is 1. The SMILES string of the molecule is Cc1cc(-c2c(C)cc(C(F)(F)F)cc2C)cc(C(N)CC(=O)O)c1F.Cl. The van der Waals surface area contributed by atoms with E-state index < -0.39 is 36.0 Å². The molecule has 0 aliphatic rings.